The van der Waals surface area contributed by atoms with Gasteiger partial charge in [-0.05, 0) is 68.1 Å². The topological polar surface area (TPSA) is 55.7 Å². The molecule has 0 saturated heterocycles. The molecule has 3 atom stereocenters. The van der Waals surface area contributed by atoms with Gasteiger partial charge < -0.3 is 4.74 Å². The largest absolute Gasteiger partial charge is 0.459 e. The fourth-order valence-electron chi connectivity index (χ4n) is 6.12. The van der Waals surface area contributed by atoms with Gasteiger partial charge in [0.05, 0.1) is 11.5 Å². The van der Waals surface area contributed by atoms with Gasteiger partial charge in [-0.1, -0.05) is 67.9 Å². The van der Waals surface area contributed by atoms with Gasteiger partial charge in [-0.15, -0.1) is 0 Å². The van der Waals surface area contributed by atoms with Gasteiger partial charge in [0.25, 0.3) is 0 Å². The molecule has 1 heterocycles. The second-order valence-electron chi connectivity index (χ2n) is 10.3. The van der Waals surface area contributed by atoms with Gasteiger partial charge in [0, 0.05) is 23.7 Å². The van der Waals surface area contributed by atoms with Crippen molar-refractivity contribution in [1.82, 2.24) is 0 Å². The number of nitrogens with zero attached hydrogens (tertiary/aromatic N) is 1. The van der Waals surface area contributed by atoms with Crippen molar-refractivity contribution >= 4 is 17.5 Å². The Hall–Kier alpha value is -3.01. The molecule has 0 aromatic heterocycles. The number of carbonyl (C=O) groups is 2. The van der Waals surface area contributed by atoms with Crippen LogP contribution < -0.4 is 0 Å². The Kier molecular flexibility index (Phi) is 6.99. The first-order valence-electron chi connectivity index (χ1n) is 13.2. The van der Waals surface area contributed by atoms with Gasteiger partial charge in [-0.25, -0.2) is 4.79 Å². The van der Waals surface area contributed by atoms with Crippen LogP contribution in [0.4, 0.5) is 0 Å². The summed E-state index contributed by atoms with van der Waals surface area (Å²) in [7, 11) is 0. The summed E-state index contributed by atoms with van der Waals surface area (Å²) in [6.45, 7) is 4.04. The average Bonchev–Trinajstić information content (AvgIpc) is 2.89. The van der Waals surface area contributed by atoms with Crippen LogP contribution in [-0.4, -0.2) is 23.6 Å². The van der Waals surface area contributed by atoms with Gasteiger partial charge in [0.2, 0.25) is 0 Å². The standard InChI is InChI=1S/C31H35NO3/c1-3-21-14-16-23(17-15-21)29-28(31(34)35-25-12-8-5-9-13-25)20(2)32-26-18-24(19-27(33)30(26)29)22-10-6-4-7-11-22/h4,6-7,10-11,14-17,24-25,29-30H,3,5,8-9,12-13,18-19H2,1-2H3/t24-,29+,30?/m1/s1. The van der Waals surface area contributed by atoms with Crippen molar-refractivity contribution in [2.75, 3.05) is 0 Å². The molecule has 1 aliphatic heterocycles. The van der Waals surface area contributed by atoms with Crippen molar-refractivity contribution in [3.63, 3.8) is 0 Å². The molecule has 1 unspecified atom stereocenters. The number of fused-ring (bicyclic) bond motifs is 1. The van der Waals surface area contributed by atoms with Crippen molar-refractivity contribution < 1.29 is 14.3 Å². The zero-order valence-electron chi connectivity index (χ0n) is 20.8. The smallest absolute Gasteiger partial charge is 0.336 e. The van der Waals surface area contributed by atoms with E-state index >= 15 is 0 Å². The Morgan fingerprint density at radius 3 is 2.31 bits per heavy atom. The molecule has 0 bridgehead atoms. The molecule has 0 radical (unpaired) electrons. The lowest BCUT2D eigenvalue weighted by molar-refractivity contribution is -0.146. The van der Waals surface area contributed by atoms with E-state index in [1.54, 1.807) is 0 Å². The van der Waals surface area contributed by atoms with Crippen molar-refractivity contribution in [2.45, 2.75) is 83.2 Å². The molecule has 4 nitrogen and oxygen atoms in total. The van der Waals surface area contributed by atoms with E-state index in [2.05, 4.69) is 43.3 Å². The van der Waals surface area contributed by atoms with Crippen LogP contribution in [0, 0.1) is 5.92 Å². The number of hydrogen-bond acceptors (Lipinski definition) is 4. The maximum Gasteiger partial charge on any atom is 0.336 e. The predicted molar refractivity (Wildman–Crippen MR) is 139 cm³/mol. The molecule has 0 N–H and O–H groups in total. The van der Waals surface area contributed by atoms with Crippen LogP contribution >= 0.6 is 0 Å². The number of aliphatic imine (C=N–C) groups is 1. The van der Waals surface area contributed by atoms with Crippen LogP contribution in [0.5, 0.6) is 0 Å². The summed E-state index contributed by atoms with van der Waals surface area (Å²) in [5.41, 5.74) is 5.59. The third-order valence-corrected chi connectivity index (χ3v) is 8.02. The van der Waals surface area contributed by atoms with Gasteiger partial charge in [-0.3, -0.25) is 9.79 Å². The summed E-state index contributed by atoms with van der Waals surface area (Å²) in [4.78, 5) is 32.2. The number of esters is 1. The molecular weight excluding hydrogens is 434 g/mol. The third kappa shape index (κ3) is 4.89. The van der Waals surface area contributed by atoms with E-state index in [9.17, 15) is 9.59 Å². The first kappa shape index (κ1) is 23.7. The number of ketones is 1. The lowest BCUT2D eigenvalue weighted by Crippen LogP contribution is -2.41. The molecule has 4 heteroatoms. The minimum atomic E-state index is -0.403. The average molecular weight is 470 g/mol. The van der Waals surface area contributed by atoms with Crippen LogP contribution in [0.3, 0.4) is 0 Å². The van der Waals surface area contributed by atoms with Crippen LogP contribution in [0.1, 0.15) is 87.3 Å². The van der Waals surface area contributed by atoms with Crippen LogP contribution in [-0.2, 0) is 20.7 Å². The van der Waals surface area contributed by atoms with Gasteiger partial charge in [0.1, 0.15) is 11.9 Å². The third-order valence-electron chi connectivity index (χ3n) is 8.02. The molecule has 2 saturated carbocycles. The van der Waals surface area contributed by atoms with E-state index in [0.29, 0.717) is 17.7 Å². The van der Waals surface area contributed by atoms with Crippen LogP contribution in [0.15, 0.2) is 70.9 Å². The Morgan fingerprint density at radius 2 is 1.63 bits per heavy atom. The normalized spacial score (nSPS) is 25.1. The highest BCUT2D eigenvalue weighted by Gasteiger charge is 2.46. The van der Waals surface area contributed by atoms with Gasteiger partial charge in [0.15, 0.2) is 0 Å². The highest BCUT2D eigenvalue weighted by Crippen LogP contribution is 2.46. The Labute approximate surface area is 208 Å². The Balaban J connectivity index is 1.53. The lowest BCUT2D eigenvalue weighted by atomic mass is 9.66. The molecule has 0 amide bonds. The Morgan fingerprint density at radius 1 is 0.914 bits per heavy atom. The van der Waals surface area contributed by atoms with Crippen LogP contribution in [0.25, 0.3) is 0 Å². The fourth-order valence-corrected chi connectivity index (χ4v) is 6.12. The summed E-state index contributed by atoms with van der Waals surface area (Å²) >= 11 is 0. The number of Topliss-reactive ketones (excluding diaryl/α,β-unsaturated/α-hetero) is 1. The number of benzene rings is 2. The summed E-state index contributed by atoms with van der Waals surface area (Å²) in [6, 6.07) is 18.6. The van der Waals surface area contributed by atoms with E-state index < -0.39 is 5.92 Å². The summed E-state index contributed by atoms with van der Waals surface area (Å²) < 4.78 is 6.03. The zero-order chi connectivity index (χ0) is 24.4. The molecule has 35 heavy (non-hydrogen) atoms. The first-order valence-corrected chi connectivity index (χ1v) is 13.2. The first-order chi connectivity index (χ1) is 17.0. The number of allylic oxidation sites excluding steroid dienone is 1. The van der Waals surface area contributed by atoms with Crippen molar-refractivity contribution in [3.05, 3.63) is 82.6 Å². The Bertz CT molecular complexity index is 1140. The van der Waals surface area contributed by atoms with Gasteiger partial charge >= 0.3 is 5.97 Å². The van der Waals surface area contributed by atoms with Crippen molar-refractivity contribution in [3.8, 4) is 0 Å². The fraction of sp³-hybridized carbons (Fsp3) is 0.452. The predicted octanol–water partition coefficient (Wildman–Crippen LogP) is 6.70. The molecule has 0 spiro atoms. The SMILES string of the molecule is CCc1ccc([C@H]2C(C(=O)OC3CCCCC3)=C(C)N=C3C[C@@H](c4ccccc4)CC(=O)C32)cc1. The maximum atomic E-state index is 13.7. The molecule has 182 valence electrons. The number of rotatable bonds is 5. The van der Waals surface area contributed by atoms with Crippen molar-refractivity contribution in [2.24, 2.45) is 10.9 Å². The molecule has 2 fully saturated rings. The van der Waals surface area contributed by atoms with Gasteiger partial charge in [-0.2, -0.15) is 0 Å². The van der Waals surface area contributed by atoms with Crippen molar-refractivity contribution in [1.29, 1.82) is 0 Å². The second kappa shape index (κ2) is 10.3. The number of hydrogen-bond donors (Lipinski definition) is 0. The minimum absolute atomic E-state index is 0.0328. The zero-order valence-corrected chi connectivity index (χ0v) is 20.8. The molecular formula is C31H35NO3. The number of carbonyl (C=O) groups excluding carboxylic acids is 2. The maximum absolute atomic E-state index is 13.7. The quantitative estimate of drug-likeness (QED) is 0.458. The highest BCUT2D eigenvalue weighted by atomic mass is 16.5. The van der Waals surface area contributed by atoms with E-state index in [1.807, 2.05) is 25.1 Å². The molecule has 2 aliphatic carbocycles. The molecule has 2 aromatic carbocycles. The summed E-state index contributed by atoms with van der Waals surface area (Å²) in [6.07, 6.45) is 7.37. The lowest BCUT2D eigenvalue weighted by Gasteiger charge is -2.38. The second-order valence-corrected chi connectivity index (χ2v) is 10.3. The monoisotopic (exact) mass is 469 g/mol. The molecule has 3 aliphatic rings. The number of ether oxygens (including phenoxy) is 1. The molecule has 5 rings (SSSR count). The van der Waals surface area contributed by atoms with E-state index in [0.717, 1.165) is 49.8 Å². The summed E-state index contributed by atoms with van der Waals surface area (Å²) in [5, 5.41) is 0. The molecule has 2 aromatic rings. The minimum Gasteiger partial charge on any atom is -0.459 e. The van der Waals surface area contributed by atoms with E-state index in [1.165, 1.54) is 17.5 Å². The van der Waals surface area contributed by atoms with E-state index in [-0.39, 0.29) is 29.7 Å². The summed E-state index contributed by atoms with van der Waals surface area (Å²) in [5.74, 6) is -0.734. The number of aryl methyl sites for hydroxylation is 1. The van der Waals surface area contributed by atoms with Crippen LogP contribution in [0.2, 0.25) is 0 Å². The van der Waals surface area contributed by atoms with E-state index in [4.69, 9.17) is 9.73 Å². The highest BCUT2D eigenvalue weighted by molar-refractivity contribution is 6.12.